The third-order valence-electron chi connectivity index (χ3n) is 3.14. The Labute approximate surface area is 115 Å². The van der Waals surface area contributed by atoms with Crippen LogP contribution in [0.4, 0.5) is 4.79 Å². The van der Waals surface area contributed by atoms with Crippen molar-refractivity contribution >= 4 is 12.0 Å². The molecular weight excluding hydrogens is 244 g/mol. The van der Waals surface area contributed by atoms with Crippen molar-refractivity contribution in [1.29, 1.82) is 0 Å². The third-order valence-corrected chi connectivity index (χ3v) is 3.14. The van der Waals surface area contributed by atoms with Crippen LogP contribution in [0.15, 0.2) is 0 Å². The molecule has 1 saturated heterocycles. The molecule has 19 heavy (non-hydrogen) atoms. The van der Waals surface area contributed by atoms with Crippen molar-refractivity contribution in [3.8, 4) is 0 Å². The van der Waals surface area contributed by atoms with Crippen LogP contribution in [0.5, 0.6) is 0 Å². The van der Waals surface area contributed by atoms with Crippen LogP contribution < -0.4 is 5.32 Å². The van der Waals surface area contributed by atoms with Gasteiger partial charge in [-0.15, -0.1) is 0 Å². The van der Waals surface area contributed by atoms with Crippen LogP contribution in [0.3, 0.4) is 0 Å². The van der Waals surface area contributed by atoms with Gasteiger partial charge in [0.2, 0.25) is 5.91 Å². The average molecular weight is 270 g/mol. The topological polar surface area (TPSA) is 58.6 Å². The molecule has 1 aliphatic rings. The first kappa shape index (κ1) is 15.8. The van der Waals surface area contributed by atoms with Gasteiger partial charge in [0.05, 0.1) is 0 Å². The Morgan fingerprint density at radius 1 is 1.26 bits per heavy atom. The van der Waals surface area contributed by atoms with Gasteiger partial charge in [0, 0.05) is 26.1 Å². The summed E-state index contributed by atoms with van der Waals surface area (Å²) in [5.41, 5.74) is -0.503. The monoisotopic (exact) mass is 270 g/mol. The van der Waals surface area contributed by atoms with Crippen LogP contribution in [-0.2, 0) is 9.53 Å². The van der Waals surface area contributed by atoms with Gasteiger partial charge in [-0.3, -0.25) is 4.79 Å². The first-order valence-electron chi connectivity index (χ1n) is 7.02. The van der Waals surface area contributed by atoms with E-state index in [1.807, 2.05) is 25.7 Å². The molecule has 5 heteroatoms. The predicted molar refractivity (Wildman–Crippen MR) is 73.8 cm³/mol. The van der Waals surface area contributed by atoms with Crippen LogP contribution in [0.1, 0.15) is 47.0 Å². The number of hydrogen-bond acceptors (Lipinski definition) is 3. The van der Waals surface area contributed by atoms with Crippen LogP contribution in [0.2, 0.25) is 0 Å². The highest BCUT2D eigenvalue weighted by molar-refractivity contribution is 5.77. The second kappa shape index (κ2) is 6.78. The number of rotatable bonds is 3. The van der Waals surface area contributed by atoms with E-state index in [9.17, 15) is 9.59 Å². The highest BCUT2D eigenvalue weighted by atomic mass is 16.6. The fourth-order valence-corrected chi connectivity index (χ4v) is 2.00. The molecule has 0 atom stereocenters. The minimum absolute atomic E-state index is 0.114. The number of hydrogen-bond donors (Lipinski definition) is 1. The number of ether oxygens (including phenoxy) is 1. The molecule has 0 unspecified atom stereocenters. The highest BCUT2D eigenvalue weighted by Crippen LogP contribution is 2.16. The number of piperidine rings is 1. The fraction of sp³-hybridized carbons (Fsp3) is 0.857. The van der Waals surface area contributed by atoms with Gasteiger partial charge in [-0.2, -0.15) is 0 Å². The van der Waals surface area contributed by atoms with Crippen molar-refractivity contribution in [2.75, 3.05) is 19.6 Å². The van der Waals surface area contributed by atoms with E-state index in [-0.39, 0.29) is 5.91 Å². The standard InChI is InChI=1S/C14H26N2O3/c1-11-6-9-16(10-7-11)12(17)5-8-15-13(18)19-14(2,3)4/h11H,5-10H2,1-4H3,(H,15,18). The molecule has 0 spiro atoms. The number of nitrogens with one attached hydrogen (secondary N) is 1. The number of carbonyl (C=O) groups is 2. The molecule has 1 aliphatic heterocycles. The smallest absolute Gasteiger partial charge is 0.407 e. The Balaban J connectivity index is 2.18. The maximum atomic E-state index is 11.9. The summed E-state index contributed by atoms with van der Waals surface area (Å²) in [6, 6.07) is 0. The molecule has 5 nitrogen and oxygen atoms in total. The van der Waals surface area contributed by atoms with Crippen molar-refractivity contribution in [3.05, 3.63) is 0 Å². The SMILES string of the molecule is CC1CCN(C(=O)CCNC(=O)OC(C)(C)C)CC1. The summed E-state index contributed by atoms with van der Waals surface area (Å²) in [5.74, 6) is 0.826. The first-order chi connectivity index (χ1) is 8.78. The molecule has 0 aromatic heterocycles. The molecule has 110 valence electrons. The zero-order valence-corrected chi connectivity index (χ0v) is 12.5. The molecule has 0 radical (unpaired) electrons. The second-order valence-electron chi connectivity index (χ2n) is 6.24. The largest absolute Gasteiger partial charge is 0.444 e. The van der Waals surface area contributed by atoms with E-state index in [1.54, 1.807) is 0 Å². The predicted octanol–water partition coefficient (Wildman–Crippen LogP) is 2.16. The Hall–Kier alpha value is -1.26. The quantitative estimate of drug-likeness (QED) is 0.855. The summed E-state index contributed by atoms with van der Waals surface area (Å²) in [6.45, 7) is 9.66. The van der Waals surface area contributed by atoms with Crippen molar-refractivity contribution in [3.63, 3.8) is 0 Å². The van der Waals surface area contributed by atoms with Gasteiger partial charge in [-0.1, -0.05) is 6.92 Å². The fourth-order valence-electron chi connectivity index (χ4n) is 2.00. The number of amides is 2. The van der Waals surface area contributed by atoms with E-state index >= 15 is 0 Å². The lowest BCUT2D eigenvalue weighted by Crippen LogP contribution is -2.40. The van der Waals surface area contributed by atoms with Gasteiger partial charge < -0.3 is 15.0 Å². The zero-order valence-electron chi connectivity index (χ0n) is 12.5. The summed E-state index contributed by atoms with van der Waals surface area (Å²) >= 11 is 0. The lowest BCUT2D eigenvalue weighted by molar-refractivity contribution is -0.132. The molecule has 0 bridgehead atoms. The lowest BCUT2D eigenvalue weighted by atomic mass is 9.99. The summed E-state index contributed by atoms with van der Waals surface area (Å²) in [4.78, 5) is 25.2. The van der Waals surface area contributed by atoms with E-state index in [1.165, 1.54) is 0 Å². The maximum absolute atomic E-state index is 11.9. The van der Waals surface area contributed by atoms with E-state index in [0.29, 0.717) is 18.9 Å². The minimum atomic E-state index is -0.503. The van der Waals surface area contributed by atoms with Gasteiger partial charge in [0.25, 0.3) is 0 Å². The first-order valence-corrected chi connectivity index (χ1v) is 7.02. The number of likely N-dealkylation sites (tertiary alicyclic amines) is 1. The van der Waals surface area contributed by atoms with Crippen LogP contribution >= 0.6 is 0 Å². The molecule has 1 N–H and O–H groups in total. The number of nitrogens with zero attached hydrogens (tertiary/aromatic N) is 1. The Kier molecular flexibility index (Phi) is 5.63. The molecule has 0 saturated carbocycles. The van der Waals surface area contributed by atoms with Gasteiger partial charge in [-0.25, -0.2) is 4.79 Å². The molecule has 0 aliphatic carbocycles. The van der Waals surface area contributed by atoms with Gasteiger partial charge in [0.1, 0.15) is 5.60 Å². The van der Waals surface area contributed by atoms with Crippen molar-refractivity contribution in [2.24, 2.45) is 5.92 Å². The third kappa shape index (κ3) is 6.45. The molecule has 0 aromatic carbocycles. The molecule has 1 rings (SSSR count). The van der Waals surface area contributed by atoms with Crippen molar-refractivity contribution in [2.45, 2.75) is 52.6 Å². The highest BCUT2D eigenvalue weighted by Gasteiger charge is 2.20. The molecule has 1 fully saturated rings. The van der Waals surface area contributed by atoms with E-state index in [0.717, 1.165) is 25.9 Å². The Bertz CT molecular complexity index is 315. The number of carbonyl (C=O) groups excluding carboxylic acids is 2. The van der Waals surface area contributed by atoms with Gasteiger partial charge in [-0.05, 0) is 39.5 Å². The van der Waals surface area contributed by atoms with Crippen LogP contribution in [0.25, 0.3) is 0 Å². The molecule has 2 amide bonds. The summed E-state index contributed by atoms with van der Waals surface area (Å²) in [6.07, 6.45) is 2.02. The summed E-state index contributed by atoms with van der Waals surface area (Å²) in [7, 11) is 0. The Morgan fingerprint density at radius 2 is 1.84 bits per heavy atom. The van der Waals surface area contributed by atoms with Gasteiger partial charge >= 0.3 is 6.09 Å². The van der Waals surface area contributed by atoms with Crippen LogP contribution in [0, 0.1) is 5.92 Å². The lowest BCUT2D eigenvalue weighted by Gasteiger charge is -2.30. The van der Waals surface area contributed by atoms with E-state index < -0.39 is 11.7 Å². The van der Waals surface area contributed by atoms with Crippen LogP contribution in [-0.4, -0.2) is 42.1 Å². The zero-order chi connectivity index (χ0) is 14.5. The maximum Gasteiger partial charge on any atom is 0.407 e. The molecule has 1 heterocycles. The molecule has 0 aromatic rings. The second-order valence-corrected chi connectivity index (χ2v) is 6.24. The molecular formula is C14H26N2O3. The summed E-state index contributed by atoms with van der Waals surface area (Å²) < 4.78 is 5.10. The van der Waals surface area contributed by atoms with E-state index in [2.05, 4.69) is 12.2 Å². The summed E-state index contributed by atoms with van der Waals surface area (Å²) in [5, 5.41) is 2.61. The Morgan fingerprint density at radius 3 is 2.37 bits per heavy atom. The van der Waals surface area contributed by atoms with Crippen molar-refractivity contribution < 1.29 is 14.3 Å². The normalized spacial score (nSPS) is 17.2. The minimum Gasteiger partial charge on any atom is -0.444 e. The van der Waals surface area contributed by atoms with E-state index in [4.69, 9.17) is 4.74 Å². The van der Waals surface area contributed by atoms with Gasteiger partial charge in [0.15, 0.2) is 0 Å². The number of alkyl carbamates (subject to hydrolysis) is 1. The van der Waals surface area contributed by atoms with Crippen molar-refractivity contribution in [1.82, 2.24) is 10.2 Å². The average Bonchev–Trinajstić information content (AvgIpc) is 2.27.